The number of carbonyl (C=O) groups excluding carboxylic acids is 1. The standard InChI is InChI=1S/C22H23N3O3S.ClH/c26-18-12-15(21-24-17-3-1-2-4-19(17)29-21)11-16-13-25(9-10-28-20(16)18)22(27)14-5-7-23-8-6-14;/h1-4,11-12,14,23,26H,5-10,13H2;1H. The van der Waals surface area contributed by atoms with Crippen LogP contribution in [0.2, 0.25) is 0 Å². The number of para-hydroxylation sites is 1. The van der Waals surface area contributed by atoms with Crippen LogP contribution in [-0.2, 0) is 11.3 Å². The summed E-state index contributed by atoms with van der Waals surface area (Å²) in [6.07, 6.45) is 1.75. The van der Waals surface area contributed by atoms with Crippen LogP contribution >= 0.6 is 23.7 Å². The number of nitrogens with one attached hydrogen (secondary N) is 1. The van der Waals surface area contributed by atoms with E-state index in [1.165, 1.54) is 0 Å². The van der Waals surface area contributed by atoms with E-state index in [0.717, 1.165) is 52.3 Å². The van der Waals surface area contributed by atoms with Gasteiger partial charge in [0.2, 0.25) is 5.91 Å². The monoisotopic (exact) mass is 445 g/mol. The van der Waals surface area contributed by atoms with E-state index in [0.29, 0.717) is 25.4 Å². The molecule has 6 nitrogen and oxygen atoms in total. The second-order valence-corrected chi connectivity index (χ2v) is 8.63. The van der Waals surface area contributed by atoms with E-state index in [-0.39, 0.29) is 30.0 Å². The molecule has 0 saturated carbocycles. The van der Waals surface area contributed by atoms with Gasteiger partial charge in [-0.15, -0.1) is 23.7 Å². The van der Waals surface area contributed by atoms with Gasteiger partial charge in [-0.25, -0.2) is 4.98 Å². The zero-order chi connectivity index (χ0) is 19.8. The van der Waals surface area contributed by atoms with Crippen LogP contribution in [0.3, 0.4) is 0 Å². The van der Waals surface area contributed by atoms with Crippen LogP contribution in [-0.4, -0.2) is 47.1 Å². The van der Waals surface area contributed by atoms with Crippen LogP contribution < -0.4 is 10.1 Å². The molecule has 2 aliphatic heterocycles. The zero-order valence-electron chi connectivity index (χ0n) is 16.5. The number of thiazole rings is 1. The fourth-order valence-corrected chi connectivity index (χ4v) is 5.09. The summed E-state index contributed by atoms with van der Waals surface area (Å²) in [5, 5.41) is 14.8. The average molecular weight is 446 g/mol. The fourth-order valence-electron chi connectivity index (χ4n) is 4.13. The van der Waals surface area contributed by atoms with Gasteiger partial charge in [-0.2, -0.15) is 0 Å². The molecular weight excluding hydrogens is 422 g/mol. The minimum absolute atomic E-state index is 0. The highest BCUT2D eigenvalue weighted by Gasteiger charge is 2.29. The molecule has 0 spiro atoms. The Bertz CT molecular complexity index is 1030. The summed E-state index contributed by atoms with van der Waals surface area (Å²) in [6, 6.07) is 11.7. The molecule has 8 heteroatoms. The third kappa shape index (κ3) is 3.97. The fraction of sp³-hybridized carbons (Fsp3) is 0.364. The van der Waals surface area contributed by atoms with Gasteiger partial charge < -0.3 is 20.1 Å². The number of hydrogen-bond donors (Lipinski definition) is 2. The quantitative estimate of drug-likeness (QED) is 0.627. The number of nitrogens with zero attached hydrogens (tertiary/aromatic N) is 2. The highest BCUT2D eigenvalue weighted by atomic mass is 35.5. The molecule has 3 aromatic rings. The van der Waals surface area contributed by atoms with Gasteiger partial charge in [0.1, 0.15) is 11.6 Å². The van der Waals surface area contributed by atoms with E-state index in [9.17, 15) is 9.90 Å². The molecule has 0 aliphatic carbocycles. The van der Waals surface area contributed by atoms with Gasteiger partial charge in [-0.3, -0.25) is 4.79 Å². The molecule has 1 fully saturated rings. The van der Waals surface area contributed by atoms with Crippen molar-refractivity contribution in [1.82, 2.24) is 15.2 Å². The Morgan fingerprint density at radius 3 is 2.83 bits per heavy atom. The lowest BCUT2D eigenvalue weighted by Gasteiger charge is -2.28. The second-order valence-electron chi connectivity index (χ2n) is 7.60. The number of ether oxygens (including phenoxy) is 1. The molecule has 1 amide bonds. The number of carbonyl (C=O) groups is 1. The molecule has 5 rings (SSSR count). The molecule has 0 radical (unpaired) electrons. The van der Waals surface area contributed by atoms with Crippen LogP contribution in [0.1, 0.15) is 18.4 Å². The number of piperidine rings is 1. The first-order chi connectivity index (χ1) is 14.2. The number of fused-ring (bicyclic) bond motifs is 2. The Kier molecular flexibility index (Phi) is 6.13. The third-order valence-corrected chi connectivity index (χ3v) is 6.74. The van der Waals surface area contributed by atoms with Crippen molar-refractivity contribution in [1.29, 1.82) is 0 Å². The van der Waals surface area contributed by atoms with Crippen molar-refractivity contribution in [2.24, 2.45) is 5.92 Å². The number of benzene rings is 2. The minimum atomic E-state index is 0. The molecule has 30 heavy (non-hydrogen) atoms. The van der Waals surface area contributed by atoms with Gasteiger partial charge in [0, 0.05) is 23.6 Å². The summed E-state index contributed by atoms with van der Waals surface area (Å²) in [5.41, 5.74) is 2.63. The smallest absolute Gasteiger partial charge is 0.226 e. The third-order valence-electron chi connectivity index (χ3n) is 5.66. The van der Waals surface area contributed by atoms with E-state index in [2.05, 4.69) is 5.32 Å². The first-order valence-corrected chi connectivity index (χ1v) is 10.8. The van der Waals surface area contributed by atoms with Crippen LogP contribution in [0.5, 0.6) is 11.5 Å². The number of rotatable bonds is 2. The Labute approximate surface area is 185 Å². The lowest BCUT2D eigenvalue weighted by atomic mass is 9.96. The molecule has 2 N–H and O–H groups in total. The van der Waals surface area contributed by atoms with Crippen LogP contribution in [0.15, 0.2) is 36.4 Å². The van der Waals surface area contributed by atoms with Crippen molar-refractivity contribution < 1.29 is 14.6 Å². The first-order valence-electron chi connectivity index (χ1n) is 10.0. The molecule has 3 heterocycles. The van der Waals surface area contributed by atoms with Gasteiger partial charge in [0.05, 0.1) is 16.8 Å². The van der Waals surface area contributed by atoms with Gasteiger partial charge in [-0.1, -0.05) is 12.1 Å². The van der Waals surface area contributed by atoms with Crippen molar-refractivity contribution in [3.8, 4) is 22.1 Å². The maximum Gasteiger partial charge on any atom is 0.226 e. The highest BCUT2D eigenvalue weighted by molar-refractivity contribution is 7.21. The number of aromatic hydroxyl groups is 1. The Morgan fingerprint density at radius 2 is 2.03 bits per heavy atom. The molecule has 158 valence electrons. The largest absolute Gasteiger partial charge is 0.504 e. The molecular formula is C22H24ClN3O3S. The number of aromatic nitrogens is 1. The lowest BCUT2D eigenvalue weighted by molar-refractivity contribution is -0.137. The number of phenolic OH excluding ortho intramolecular Hbond substituents is 1. The predicted octanol–water partition coefficient (Wildman–Crippen LogP) is 3.81. The predicted molar refractivity (Wildman–Crippen MR) is 120 cm³/mol. The maximum atomic E-state index is 13.0. The van der Waals surface area contributed by atoms with E-state index in [1.54, 1.807) is 17.4 Å². The summed E-state index contributed by atoms with van der Waals surface area (Å²) in [6.45, 7) is 3.15. The number of amides is 1. The maximum absolute atomic E-state index is 13.0. The summed E-state index contributed by atoms with van der Waals surface area (Å²) >= 11 is 1.59. The summed E-state index contributed by atoms with van der Waals surface area (Å²) < 4.78 is 6.93. The SMILES string of the molecule is Cl.O=C(C1CCNCC1)N1CCOc2c(O)cc(-c3nc4ccccc4s3)cc2C1. The van der Waals surface area contributed by atoms with Gasteiger partial charge in [0.15, 0.2) is 11.5 Å². The Morgan fingerprint density at radius 1 is 1.23 bits per heavy atom. The minimum Gasteiger partial charge on any atom is -0.504 e. The van der Waals surface area contributed by atoms with Gasteiger partial charge in [0.25, 0.3) is 0 Å². The van der Waals surface area contributed by atoms with E-state index < -0.39 is 0 Å². The van der Waals surface area contributed by atoms with E-state index in [4.69, 9.17) is 9.72 Å². The van der Waals surface area contributed by atoms with E-state index in [1.807, 2.05) is 35.2 Å². The van der Waals surface area contributed by atoms with Crippen molar-refractivity contribution in [2.45, 2.75) is 19.4 Å². The van der Waals surface area contributed by atoms with Gasteiger partial charge >= 0.3 is 0 Å². The van der Waals surface area contributed by atoms with Crippen molar-refractivity contribution in [3.05, 3.63) is 42.0 Å². The first kappa shape index (κ1) is 20.9. The zero-order valence-corrected chi connectivity index (χ0v) is 18.1. The average Bonchev–Trinajstić information content (AvgIpc) is 3.07. The van der Waals surface area contributed by atoms with Crippen molar-refractivity contribution in [3.63, 3.8) is 0 Å². The second kappa shape index (κ2) is 8.79. The lowest BCUT2D eigenvalue weighted by Crippen LogP contribution is -2.41. The summed E-state index contributed by atoms with van der Waals surface area (Å²) in [4.78, 5) is 19.6. The van der Waals surface area contributed by atoms with Crippen molar-refractivity contribution in [2.75, 3.05) is 26.2 Å². The van der Waals surface area contributed by atoms with Crippen LogP contribution in [0, 0.1) is 5.92 Å². The molecule has 2 aromatic carbocycles. The Hall–Kier alpha value is -2.35. The normalized spacial score (nSPS) is 17.0. The summed E-state index contributed by atoms with van der Waals surface area (Å²) in [5.74, 6) is 0.843. The molecule has 1 aromatic heterocycles. The Balaban J connectivity index is 0.00000218. The topological polar surface area (TPSA) is 74.7 Å². The van der Waals surface area contributed by atoms with Crippen LogP contribution in [0.4, 0.5) is 0 Å². The van der Waals surface area contributed by atoms with E-state index >= 15 is 0 Å². The number of hydrogen-bond acceptors (Lipinski definition) is 6. The van der Waals surface area contributed by atoms with Crippen LogP contribution in [0.25, 0.3) is 20.8 Å². The molecule has 2 aliphatic rings. The summed E-state index contributed by atoms with van der Waals surface area (Å²) in [7, 11) is 0. The molecule has 0 bridgehead atoms. The van der Waals surface area contributed by atoms with Gasteiger partial charge in [-0.05, 0) is 50.2 Å². The number of phenols is 1. The molecule has 0 unspecified atom stereocenters. The molecule has 1 saturated heterocycles. The van der Waals surface area contributed by atoms with Crippen molar-refractivity contribution >= 4 is 39.9 Å². The molecule has 0 atom stereocenters. The number of halogens is 1. The highest BCUT2D eigenvalue weighted by Crippen LogP contribution is 2.39.